The fraction of sp³-hybridized carbons (Fsp3) is 0.433. The Morgan fingerprint density at radius 1 is 0.541 bits per heavy atom. The molecule has 0 aliphatic heterocycles. The van der Waals surface area contributed by atoms with Crippen molar-refractivity contribution in [2.75, 3.05) is 19.4 Å². The Morgan fingerprint density at radius 3 is 1.20 bits per heavy atom. The first-order valence-electron chi connectivity index (χ1n) is 26.4. The van der Waals surface area contributed by atoms with Crippen molar-refractivity contribution in [3.05, 3.63) is 182 Å². The first-order valence-corrected chi connectivity index (χ1v) is 28.6. The predicted octanol–water partition coefficient (Wildman–Crippen LogP) is 17.8. The van der Waals surface area contributed by atoms with E-state index < -0.39 is 7.37 Å². The summed E-state index contributed by atoms with van der Waals surface area (Å²) in [5.74, 6) is 0. The second-order valence-corrected chi connectivity index (χ2v) is 24.8. The summed E-state index contributed by atoms with van der Waals surface area (Å²) >= 11 is 0. The molecule has 0 amide bonds. The van der Waals surface area contributed by atoms with E-state index in [2.05, 4.69) is 153 Å². The summed E-state index contributed by atoms with van der Waals surface area (Å²) < 4.78 is 15.8. The zero-order valence-corrected chi connectivity index (χ0v) is 47.1. The largest absolute Gasteiger partial charge is 0.328 e. The van der Waals surface area contributed by atoms with Crippen LogP contribution in [0.3, 0.4) is 0 Å². The van der Waals surface area contributed by atoms with Gasteiger partial charge in [0.25, 0.3) is 0 Å². The second-order valence-electron chi connectivity index (χ2n) is 22.2. The average Bonchev–Trinajstić information content (AvgIpc) is 3.34. The van der Waals surface area contributed by atoms with Crippen LogP contribution in [0.15, 0.2) is 132 Å². The summed E-state index contributed by atoms with van der Waals surface area (Å²) in [6, 6.07) is 24.2. The quantitative estimate of drug-likeness (QED) is 0.0555. The van der Waals surface area contributed by atoms with Gasteiger partial charge in [-0.3, -0.25) is 14.2 Å². The summed E-state index contributed by atoms with van der Waals surface area (Å²) in [7, 11) is -2.55. The molecule has 7 heteroatoms. The smallest absolute Gasteiger partial charge is 0.213 e. The molecule has 1 unspecified atom stereocenters. The van der Waals surface area contributed by atoms with Crippen molar-refractivity contribution in [2.45, 2.75) is 154 Å². The van der Waals surface area contributed by atoms with Crippen LogP contribution in [0.2, 0.25) is 0 Å². The Balaban J connectivity index is 0.000000349. The Kier molecular flexibility index (Phi) is 28.1. The Labute approximate surface area is 449 Å². The molecule has 0 saturated heterocycles. The van der Waals surface area contributed by atoms with Gasteiger partial charge in [0.05, 0.1) is 18.7 Å². The standard InChI is InChI=1S/C21H25N.C21H26O.C19H24O.C5H10NO2P.CH4/c2*1-21(2,3)20(10-6-7-15-22)14-12-17-11-13-18-8-4-5-9-19(18)16-17;1-19(2,3)18(12-13-20)11-9-15-8-10-16-6-4-5-7-17(16)14-15;1-3-8-9(2,7)5-4-6;/h6-7,10-14,16H,4-5,8-9H2,1-3H3;6-7,10-16H,4-5,8-9H2,1-3H3;8-14H,4-7H2,1-3H3;3,5H2,1-2H3;1H4/b2*7-6+,14-12+,20-10-;11-9+,18-12-;;. The monoisotopic (exact) mass is 1020 g/mol. The molecule has 6 nitrogen and oxygen atoms in total. The van der Waals surface area contributed by atoms with Crippen LogP contribution in [0, 0.1) is 38.9 Å². The van der Waals surface area contributed by atoms with E-state index in [0.29, 0.717) is 6.61 Å². The average molecular weight is 1020 g/mol. The number of aldehydes is 2. The van der Waals surface area contributed by atoms with Crippen molar-refractivity contribution in [1.29, 1.82) is 10.5 Å². The van der Waals surface area contributed by atoms with Crippen LogP contribution in [-0.2, 0) is 57.2 Å². The van der Waals surface area contributed by atoms with Crippen molar-refractivity contribution >= 4 is 38.2 Å². The van der Waals surface area contributed by atoms with E-state index in [1.54, 1.807) is 19.1 Å². The van der Waals surface area contributed by atoms with E-state index in [1.807, 2.05) is 30.4 Å². The van der Waals surface area contributed by atoms with E-state index in [4.69, 9.17) is 15.0 Å². The van der Waals surface area contributed by atoms with E-state index in [9.17, 15) is 14.2 Å². The van der Waals surface area contributed by atoms with Gasteiger partial charge in [-0.25, -0.2) is 0 Å². The Hall–Kier alpha value is -5.91. The van der Waals surface area contributed by atoms with Crippen LogP contribution >= 0.6 is 7.37 Å². The lowest BCUT2D eigenvalue weighted by atomic mass is 9.85. The van der Waals surface area contributed by atoms with Gasteiger partial charge in [0.1, 0.15) is 18.7 Å². The third kappa shape index (κ3) is 24.0. The van der Waals surface area contributed by atoms with Gasteiger partial charge in [-0.05, 0) is 179 Å². The highest BCUT2D eigenvalue weighted by molar-refractivity contribution is 7.58. The molecule has 3 aromatic carbocycles. The number of nitrogens with zero attached hydrogens (tertiary/aromatic N) is 2. The maximum absolute atomic E-state index is 11.0. The van der Waals surface area contributed by atoms with E-state index in [-0.39, 0.29) is 29.8 Å². The summed E-state index contributed by atoms with van der Waals surface area (Å²) in [6.07, 6.45) is 42.1. The Bertz CT molecular complexity index is 2670. The van der Waals surface area contributed by atoms with Crippen molar-refractivity contribution in [1.82, 2.24) is 0 Å². The summed E-state index contributed by atoms with van der Waals surface area (Å²) in [5, 5.41) is 16.7. The van der Waals surface area contributed by atoms with Gasteiger partial charge >= 0.3 is 0 Å². The third-order valence-corrected chi connectivity index (χ3v) is 14.5. The molecule has 0 saturated carbocycles. The van der Waals surface area contributed by atoms with Gasteiger partial charge in [-0.15, -0.1) is 0 Å². The number of rotatable bonds is 13. The number of benzene rings is 3. The van der Waals surface area contributed by atoms with Crippen molar-refractivity contribution < 1.29 is 18.7 Å². The number of carbonyl (C=O) groups is 2. The number of hydrogen-bond acceptors (Lipinski definition) is 6. The van der Waals surface area contributed by atoms with Crippen molar-refractivity contribution in [2.24, 2.45) is 16.2 Å². The minimum Gasteiger partial charge on any atom is -0.328 e. The number of carbonyl (C=O) groups excluding carboxylic acids is 2. The first kappa shape index (κ1) is 64.2. The van der Waals surface area contributed by atoms with Gasteiger partial charge in [0, 0.05) is 12.7 Å². The van der Waals surface area contributed by atoms with Gasteiger partial charge in [-0.1, -0.05) is 185 Å². The molecular weight excluding hydrogens is 928 g/mol. The number of allylic oxidation sites excluding steroid dienone is 13. The predicted molar refractivity (Wildman–Crippen MR) is 317 cm³/mol. The maximum Gasteiger partial charge on any atom is 0.213 e. The summed E-state index contributed by atoms with van der Waals surface area (Å²) in [6.45, 7) is 23.1. The highest BCUT2D eigenvalue weighted by Gasteiger charge is 2.17. The summed E-state index contributed by atoms with van der Waals surface area (Å²) in [5.41, 5.74) is 16.4. The SMILES string of the molecule is C.CC(C)(C)C(=C\C=C\C#N)/C=C/c1ccc2c(c1)CCCC2.CC(C)(C)C(=C\C=C\C=O)/C=C/c1ccc2c(c1)CCCC2.CC(C)(C)C(=C\C=O)/C=C/c1ccc2c(c1)CCCC2.CCOP(C)(=O)CC#N. The van der Waals surface area contributed by atoms with Crippen LogP contribution in [-0.4, -0.2) is 32.0 Å². The number of aryl methyl sites for hydroxylation is 6. The molecule has 1 atom stereocenters. The minimum absolute atomic E-state index is 0. The Morgan fingerprint density at radius 2 is 0.892 bits per heavy atom. The molecule has 0 N–H and O–H groups in total. The van der Waals surface area contributed by atoms with Crippen LogP contribution in [0.1, 0.15) is 165 Å². The topological polar surface area (TPSA) is 108 Å². The van der Waals surface area contributed by atoms with Crippen LogP contribution in [0.5, 0.6) is 0 Å². The molecule has 396 valence electrons. The van der Waals surface area contributed by atoms with Crippen LogP contribution < -0.4 is 0 Å². The number of nitriles is 2. The van der Waals surface area contributed by atoms with Gasteiger partial charge < -0.3 is 4.52 Å². The number of fused-ring (bicyclic) bond motifs is 3. The van der Waals surface area contributed by atoms with Crippen molar-refractivity contribution in [3.63, 3.8) is 0 Å². The van der Waals surface area contributed by atoms with Crippen LogP contribution in [0.25, 0.3) is 18.2 Å². The van der Waals surface area contributed by atoms with Gasteiger partial charge in [0.2, 0.25) is 7.37 Å². The van der Waals surface area contributed by atoms with E-state index >= 15 is 0 Å². The molecule has 3 aliphatic rings. The van der Waals surface area contributed by atoms with E-state index in [1.165, 1.54) is 157 Å². The molecule has 3 aromatic rings. The lowest BCUT2D eigenvalue weighted by molar-refractivity contribution is -0.104. The molecule has 0 fully saturated rings. The third-order valence-electron chi connectivity index (χ3n) is 13.0. The zero-order valence-electron chi connectivity index (χ0n) is 46.2. The number of hydrogen-bond donors (Lipinski definition) is 0. The lowest BCUT2D eigenvalue weighted by Crippen LogP contribution is -2.07. The molecule has 0 spiro atoms. The van der Waals surface area contributed by atoms with Crippen molar-refractivity contribution in [3.8, 4) is 12.1 Å². The molecule has 0 radical (unpaired) electrons. The fourth-order valence-corrected chi connectivity index (χ4v) is 9.61. The molecule has 6 rings (SSSR count). The summed E-state index contributed by atoms with van der Waals surface area (Å²) in [4.78, 5) is 21.2. The lowest BCUT2D eigenvalue weighted by Gasteiger charge is -2.20. The van der Waals surface area contributed by atoms with Gasteiger partial charge in [0.15, 0.2) is 0 Å². The normalized spacial score (nSPS) is 15.9. The zero-order chi connectivity index (χ0) is 53.9. The highest BCUT2D eigenvalue weighted by Crippen LogP contribution is 2.41. The molecular formula is C67H89N2O4P. The fourth-order valence-electron chi connectivity index (χ4n) is 8.72. The maximum atomic E-state index is 11.0. The highest BCUT2D eigenvalue weighted by atomic mass is 31.2. The molecule has 3 aliphatic carbocycles. The molecule has 0 aromatic heterocycles. The van der Waals surface area contributed by atoms with E-state index in [0.717, 1.165) is 18.1 Å². The molecule has 0 bridgehead atoms. The minimum atomic E-state index is -2.55. The molecule has 74 heavy (non-hydrogen) atoms. The molecule has 0 heterocycles. The first-order chi connectivity index (χ1) is 34.6. The van der Waals surface area contributed by atoms with Gasteiger partial charge in [-0.2, -0.15) is 10.5 Å². The van der Waals surface area contributed by atoms with Crippen LogP contribution in [0.4, 0.5) is 0 Å². The second kappa shape index (κ2) is 32.4.